The number of aromatic nitrogens is 5. The van der Waals surface area contributed by atoms with E-state index in [0.29, 0.717) is 12.4 Å². The van der Waals surface area contributed by atoms with Gasteiger partial charge in [-0.2, -0.15) is 0 Å². The molecule has 2 aromatic carbocycles. The highest BCUT2D eigenvalue weighted by molar-refractivity contribution is 5.78. The summed E-state index contributed by atoms with van der Waals surface area (Å²) in [5, 5.41) is 14.0. The fraction of sp³-hybridized carbons (Fsp3) is 0.174. The number of hydrogen-bond donors (Lipinski definition) is 1. The SMILES string of the molecule is Cc1ccc(C)c(Oc2ccc(CNC(=O)Cc3ccc(-n4cnnn4)cc3)cn2)c1. The van der Waals surface area contributed by atoms with Crippen molar-refractivity contribution in [3.05, 3.63) is 89.4 Å². The van der Waals surface area contributed by atoms with Crippen LogP contribution in [-0.2, 0) is 17.8 Å². The molecule has 0 atom stereocenters. The molecule has 8 heteroatoms. The van der Waals surface area contributed by atoms with Crippen LogP contribution in [0.4, 0.5) is 0 Å². The van der Waals surface area contributed by atoms with Crippen LogP contribution in [0, 0.1) is 13.8 Å². The second kappa shape index (κ2) is 9.17. The van der Waals surface area contributed by atoms with Crippen molar-refractivity contribution >= 4 is 5.91 Å². The maximum Gasteiger partial charge on any atom is 0.224 e. The highest BCUT2D eigenvalue weighted by atomic mass is 16.5. The molecule has 156 valence electrons. The second-order valence-electron chi connectivity index (χ2n) is 7.25. The molecule has 0 aliphatic carbocycles. The minimum Gasteiger partial charge on any atom is -0.439 e. The molecule has 1 N–H and O–H groups in total. The summed E-state index contributed by atoms with van der Waals surface area (Å²) in [6.45, 7) is 4.42. The van der Waals surface area contributed by atoms with Crippen LogP contribution >= 0.6 is 0 Å². The van der Waals surface area contributed by atoms with Crippen molar-refractivity contribution < 1.29 is 9.53 Å². The lowest BCUT2D eigenvalue weighted by Gasteiger charge is -2.10. The lowest BCUT2D eigenvalue weighted by Crippen LogP contribution is -2.24. The largest absolute Gasteiger partial charge is 0.439 e. The van der Waals surface area contributed by atoms with Gasteiger partial charge in [0, 0.05) is 18.8 Å². The summed E-state index contributed by atoms with van der Waals surface area (Å²) in [6, 6.07) is 17.3. The third-order valence-corrected chi connectivity index (χ3v) is 4.76. The normalized spacial score (nSPS) is 10.6. The van der Waals surface area contributed by atoms with Crippen molar-refractivity contribution in [2.75, 3.05) is 0 Å². The van der Waals surface area contributed by atoms with Crippen molar-refractivity contribution in [3.63, 3.8) is 0 Å². The molecule has 0 saturated heterocycles. The van der Waals surface area contributed by atoms with Gasteiger partial charge in [-0.05, 0) is 64.7 Å². The Morgan fingerprint density at radius 1 is 1.03 bits per heavy atom. The minimum atomic E-state index is -0.0640. The van der Waals surface area contributed by atoms with Crippen LogP contribution < -0.4 is 10.1 Å². The zero-order valence-corrected chi connectivity index (χ0v) is 17.3. The highest BCUT2D eigenvalue weighted by Gasteiger charge is 2.07. The Balaban J connectivity index is 1.29. The predicted molar refractivity (Wildman–Crippen MR) is 115 cm³/mol. The lowest BCUT2D eigenvalue weighted by molar-refractivity contribution is -0.120. The second-order valence-corrected chi connectivity index (χ2v) is 7.25. The number of ether oxygens (including phenoxy) is 1. The average molecular weight is 414 g/mol. The van der Waals surface area contributed by atoms with Gasteiger partial charge in [0.15, 0.2) is 0 Å². The summed E-state index contributed by atoms with van der Waals surface area (Å²) in [7, 11) is 0. The van der Waals surface area contributed by atoms with Crippen molar-refractivity contribution in [2.24, 2.45) is 0 Å². The number of pyridine rings is 1. The highest BCUT2D eigenvalue weighted by Crippen LogP contribution is 2.24. The van der Waals surface area contributed by atoms with E-state index in [4.69, 9.17) is 4.74 Å². The molecule has 0 radical (unpaired) electrons. The Kier molecular flexibility index (Phi) is 5.98. The number of amides is 1. The molecule has 4 rings (SSSR count). The first-order valence-electron chi connectivity index (χ1n) is 9.86. The van der Waals surface area contributed by atoms with Crippen molar-refractivity contribution in [2.45, 2.75) is 26.8 Å². The first-order chi connectivity index (χ1) is 15.1. The minimum absolute atomic E-state index is 0.0640. The molecule has 0 bridgehead atoms. The van der Waals surface area contributed by atoms with E-state index in [0.717, 1.165) is 33.7 Å². The molecule has 0 spiro atoms. The van der Waals surface area contributed by atoms with E-state index >= 15 is 0 Å². The predicted octanol–water partition coefficient (Wildman–Crippen LogP) is 3.33. The van der Waals surface area contributed by atoms with Gasteiger partial charge in [-0.3, -0.25) is 4.79 Å². The topological polar surface area (TPSA) is 94.8 Å². The number of nitrogens with one attached hydrogen (secondary N) is 1. The number of hydrogen-bond acceptors (Lipinski definition) is 6. The Morgan fingerprint density at radius 2 is 1.84 bits per heavy atom. The van der Waals surface area contributed by atoms with Crippen LogP contribution in [-0.4, -0.2) is 31.1 Å². The Bertz CT molecular complexity index is 1160. The van der Waals surface area contributed by atoms with Crippen molar-refractivity contribution in [3.8, 4) is 17.3 Å². The number of tetrazole rings is 1. The van der Waals surface area contributed by atoms with E-state index in [-0.39, 0.29) is 12.3 Å². The molecule has 2 aromatic heterocycles. The quantitative estimate of drug-likeness (QED) is 0.498. The van der Waals surface area contributed by atoms with Crippen LogP contribution in [0.5, 0.6) is 11.6 Å². The summed E-state index contributed by atoms with van der Waals surface area (Å²) in [4.78, 5) is 16.6. The maximum absolute atomic E-state index is 12.3. The maximum atomic E-state index is 12.3. The molecule has 1 amide bonds. The van der Waals surface area contributed by atoms with E-state index in [1.807, 2.05) is 62.4 Å². The van der Waals surface area contributed by atoms with Gasteiger partial charge in [0.2, 0.25) is 11.8 Å². The van der Waals surface area contributed by atoms with Gasteiger partial charge in [-0.15, -0.1) is 5.10 Å². The molecule has 8 nitrogen and oxygen atoms in total. The van der Waals surface area contributed by atoms with Gasteiger partial charge in [-0.1, -0.05) is 30.3 Å². The summed E-state index contributed by atoms with van der Waals surface area (Å²) in [6.07, 6.45) is 3.52. The summed E-state index contributed by atoms with van der Waals surface area (Å²) >= 11 is 0. The van der Waals surface area contributed by atoms with Gasteiger partial charge >= 0.3 is 0 Å². The Morgan fingerprint density at radius 3 is 2.55 bits per heavy atom. The zero-order chi connectivity index (χ0) is 21.6. The number of carbonyl (C=O) groups excluding carboxylic acids is 1. The Hall–Kier alpha value is -4.07. The van der Waals surface area contributed by atoms with Gasteiger partial charge in [0.05, 0.1) is 12.1 Å². The third-order valence-electron chi connectivity index (χ3n) is 4.76. The van der Waals surface area contributed by atoms with Crippen LogP contribution in [0.1, 0.15) is 22.3 Å². The van der Waals surface area contributed by atoms with Crippen LogP contribution in [0.3, 0.4) is 0 Å². The fourth-order valence-electron chi connectivity index (χ4n) is 3.00. The number of benzene rings is 2. The monoisotopic (exact) mass is 414 g/mol. The van der Waals surface area contributed by atoms with Gasteiger partial charge in [0.25, 0.3) is 0 Å². The third kappa shape index (κ3) is 5.30. The molecule has 0 aliphatic heterocycles. The standard InChI is InChI=1S/C23H22N6O2/c1-16-3-4-17(2)21(11-16)31-23-10-7-19(14-25-23)13-24-22(30)12-18-5-8-20(9-6-18)29-15-26-27-28-29/h3-11,14-15H,12-13H2,1-2H3,(H,24,30). The zero-order valence-electron chi connectivity index (χ0n) is 17.3. The average Bonchev–Trinajstić information content (AvgIpc) is 3.31. The molecule has 0 aliphatic rings. The number of carbonyl (C=O) groups is 1. The molecule has 0 saturated carbocycles. The van der Waals surface area contributed by atoms with E-state index in [1.54, 1.807) is 16.9 Å². The smallest absolute Gasteiger partial charge is 0.224 e. The number of nitrogens with zero attached hydrogens (tertiary/aromatic N) is 5. The van der Waals surface area contributed by atoms with E-state index in [1.165, 1.54) is 6.33 Å². The van der Waals surface area contributed by atoms with Gasteiger partial charge in [0.1, 0.15) is 12.1 Å². The molecular formula is C23H22N6O2. The molecule has 4 aromatic rings. The van der Waals surface area contributed by atoms with Crippen LogP contribution in [0.2, 0.25) is 0 Å². The molecular weight excluding hydrogens is 392 g/mol. The van der Waals surface area contributed by atoms with Crippen molar-refractivity contribution in [1.29, 1.82) is 0 Å². The van der Waals surface area contributed by atoms with E-state index < -0.39 is 0 Å². The van der Waals surface area contributed by atoms with Crippen LogP contribution in [0.15, 0.2) is 67.1 Å². The summed E-state index contributed by atoms with van der Waals surface area (Å²) in [5.74, 6) is 1.25. The Labute approximate surface area is 179 Å². The molecule has 0 fully saturated rings. The van der Waals surface area contributed by atoms with Crippen molar-refractivity contribution in [1.82, 2.24) is 30.5 Å². The first kappa shape index (κ1) is 20.2. The van der Waals surface area contributed by atoms with Gasteiger partial charge < -0.3 is 10.1 Å². The van der Waals surface area contributed by atoms with E-state index in [9.17, 15) is 4.79 Å². The van der Waals surface area contributed by atoms with Gasteiger partial charge in [-0.25, -0.2) is 9.67 Å². The lowest BCUT2D eigenvalue weighted by atomic mass is 10.1. The molecule has 0 unspecified atom stereocenters. The first-order valence-corrected chi connectivity index (χ1v) is 9.86. The summed E-state index contributed by atoms with van der Waals surface area (Å²) < 4.78 is 7.43. The summed E-state index contributed by atoms with van der Waals surface area (Å²) in [5.41, 5.74) is 4.82. The van der Waals surface area contributed by atoms with Crippen LogP contribution in [0.25, 0.3) is 5.69 Å². The number of aryl methyl sites for hydroxylation is 2. The number of rotatable bonds is 7. The fourth-order valence-corrected chi connectivity index (χ4v) is 3.00. The van der Waals surface area contributed by atoms with E-state index in [2.05, 4.69) is 25.8 Å². The molecule has 2 heterocycles. The molecule has 31 heavy (non-hydrogen) atoms.